The summed E-state index contributed by atoms with van der Waals surface area (Å²) in [4.78, 5) is 9.25. The molecule has 0 aliphatic rings. The maximum Gasteiger partial charge on any atom is 0.238 e. The summed E-state index contributed by atoms with van der Waals surface area (Å²) >= 11 is 0. The van der Waals surface area contributed by atoms with Crippen LogP contribution in [0.15, 0.2) is 37.6 Å². The van der Waals surface area contributed by atoms with E-state index in [2.05, 4.69) is 19.7 Å². The Kier molecular flexibility index (Phi) is 352. The fourth-order valence-electron chi connectivity index (χ4n) is 0.105. The molecule has 0 N–H and O–H groups in total. The Bertz CT molecular complexity index is 154. The predicted octanol–water partition coefficient (Wildman–Crippen LogP) is 8.31. The van der Waals surface area contributed by atoms with E-state index >= 15 is 0 Å². The molecule has 0 unspecified atom stereocenters. The zero-order valence-corrected chi connectivity index (χ0v) is 18.0. The molecule has 0 spiro atoms. The van der Waals surface area contributed by atoms with Gasteiger partial charge in [0.05, 0.1) is 4.92 Å². The molecule has 0 aromatic rings. The van der Waals surface area contributed by atoms with Gasteiger partial charge in [0.2, 0.25) is 5.70 Å². The van der Waals surface area contributed by atoms with Crippen molar-refractivity contribution in [2.45, 2.75) is 90.0 Å². The third kappa shape index (κ3) is 271. The van der Waals surface area contributed by atoms with E-state index in [4.69, 9.17) is 0 Å². The van der Waals surface area contributed by atoms with E-state index in [-0.39, 0.29) is 5.70 Å². The largest absolute Gasteiger partial charge is 0.259 e. The van der Waals surface area contributed by atoms with Crippen LogP contribution in [-0.4, -0.2) is 4.92 Å². The monoisotopic (exact) mass is 321 g/mol. The first-order valence-electron chi connectivity index (χ1n) is 8.44. The summed E-state index contributed by atoms with van der Waals surface area (Å²) in [6.45, 7) is 34.3. The molecule has 0 aromatic carbocycles. The van der Waals surface area contributed by atoms with Crippen LogP contribution in [-0.2, 0) is 0 Å². The summed E-state index contributed by atoms with van der Waals surface area (Å²) in [6.07, 6.45) is 3.21. The third-order valence-electron chi connectivity index (χ3n) is 0.706. The highest BCUT2D eigenvalue weighted by Crippen LogP contribution is 1.88. The van der Waals surface area contributed by atoms with Crippen molar-refractivity contribution >= 4 is 0 Å². The van der Waals surface area contributed by atoms with E-state index in [0.717, 1.165) is 0 Å². The van der Waals surface area contributed by atoms with Crippen LogP contribution in [0.5, 0.6) is 0 Å². The lowest BCUT2D eigenvalue weighted by molar-refractivity contribution is -0.424. The maximum atomic E-state index is 9.67. The lowest BCUT2D eigenvalue weighted by atomic mass is 10.5. The van der Waals surface area contributed by atoms with Crippen molar-refractivity contribution in [1.82, 2.24) is 0 Å². The molecular formula is C19H47NO2. The third-order valence-corrected chi connectivity index (χ3v) is 0.706. The number of hydrogen-bond donors (Lipinski definition) is 0. The molecule has 3 heteroatoms. The summed E-state index contributed by atoms with van der Waals surface area (Å²) in [6, 6.07) is 0. The van der Waals surface area contributed by atoms with Crippen molar-refractivity contribution in [3.05, 3.63) is 47.7 Å². The lowest BCUT2D eigenvalue weighted by Crippen LogP contribution is -1.91. The van der Waals surface area contributed by atoms with Crippen molar-refractivity contribution in [2.75, 3.05) is 0 Å². The van der Waals surface area contributed by atoms with Gasteiger partial charge in [-0.25, -0.2) is 0 Å². The molecular weight excluding hydrogens is 274 g/mol. The topological polar surface area (TPSA) is 43.1 Å². The SMILES string of the molecule is C/C=C(\C)[N+](=O)[O-].C=C.C=CC.CC.CC.CC.CC.CC. The molecule has 3 nitrogen and oxygen atoms in total. The first-order valence-corrected chi connectivity index (χ1v) is 8.44. The van der Waals surface area contributed by atoms with E-state index in [9.17, 15) is 10.1 Å². The van der Waals surface area contributed by atoms with Crippen LogP contribution in [0.2, 0.25) is 0 Å². The summed E-state index contributed by atoms with van der Waals surface area (Å²) in [7, 11) is 0. The van der Waals surface area contributed by atoms with Crippen LogP contribution < -0.4 is 0 Å². The minimum Gasteiger partial charge on any atom is -0.259 e. The second kappa shape index (κ2) is 155. The van der Waals surface area contributed by atoms with Gasteiger partial charge in [-0.2, -0.15) is 0 Å². The zero-order chi connectivity index (χ0) is 20.6. The van der Waals surface area contributed by atoms with E-state index in [1.165, 1.54) is 13.0 Å². The fraction of sp³-hybridized carbons (Fsp3) is 0.684. The summed E-state index contributed by atoms with van der Waals surface area (Å²) in [5.74, 6) is 0. The van der Waals surface area contributed by atoms with Gasteiger partial charge in [0.25, 0.3) is 0 Å². The number of rotatable bonds is 1. The van der Waals surface area contributed by atoms with Crippen molar-refractivity contribution < 1.29 is 4.92 Å². The Labute approximate surface area is 143 Å². The Morgan fingerprint density at radius 1 is 0.818 bits per heavy atom. The molecule has 0 atom stereocenters. The van der Waals surface area contributed by atoms with Gasteiger partial charge in [-0.05, 0) is 19.9 Å². The second-order valence-electron chi connectivity index (χ2n) is 1.60. The molecule has 0 bridgehead atoms. The van der Waals surface area contributed by atoms with Crippen LogP contribution in [0.4, 0.5) is 0 Å². The molecule has 22 heavy (non-hydrogen) atoms. The molecule has 0 heterocycles. The predicted molar refractivity (Wildman–Crippen MR) is 110 cm³/mol. The first kappa shape index (κ1) is 49.8. The van der Waals surface area contributed by atoms with Gasteiger partial charge in [0.15, 0.2) is 0 Å². The Hall–Kier alpha value is -1.38. The summed E-state index contributed by atoms with van der Waals surface area (Å²) < 4.78 is 0. The van der Waals surface area contributed by atoms with Crippen LogP contribution in [0.25, 0.3) is 0 Å². The molecule has 0 radical (unpaired) electrons. The van der Waals surface area contributed by atoms with E-state index in [1.807, 2.05) is 76.2 Å². The van der Waals surface area contributed by atoms with Gasteiger partial charge in [-0.3, -0.25) is 10.1 Å². The smallest absolute Gasteiger partial charge is 0.238 e. The van der Waals surface area contributed by atoms with Crippen LogP contribution in [0, 0.1) is 10.1 Å². The van der Waals surface area contributed by atoms with E-state index in [1.54, 1.807) is 13.0 Å². The number of nitro groups is 1. The first-order chi connectivity index (χ1) is 10.6. The van der Waals surface area contributed by atoms with Crippen LogP contribution in [0.1, 0.15) is 90.0 Å². The number of hydrogen-bond acceptors (Lipinski definition) is 2. The molecule has 0 aliphatic carbocycles. The van der Waals surface area contributed by atoms with E-state index < -0.39 is 4.92 Å². The highest BCUT2D eigenvalue weighted by molar-refractivity contribution is 4.81. The van der Waals surface area contributed by atoms with Crippen molar-refractivity contribution in [3.8, 4) is 0 Å². The number of allylic oxidation sites excluding steroid dienone is 3. The second-order valence-corrected chi connectivity index (χ2v) is 1.60. The van der Waals surface area contributed by atoms with Gasteiger partial charge < -0.3 is 0 Å². The minimum absolute atomic E-state index is 0.194. The van der Waals surface area contributed by atoms with Gasteiger partial charge in [0.1, 0.15) is 0 Å². The zero-order valence-electron chi connectivity index (χ0n) is 18.0. The van der Waals surface area contributed by atoms with Crippen LogP contribution in [0.3, 0.4) is 0 Å². The quantitative estimate of drug-likeness (QED) is 0.277. The molecule has 140 valence electrons. The Morgan fingerprint density at radius 2 is 0.955 bits per heavy atom. The standard InChI is InChI=1S/C4H7NO2.C3H6.5C2H6.C2H4/c1-3-4(2)5(6)7;1-3-2;6*1-2/h3H,1-2H3;3H,1H2,2H3;5*1-2H3;1-2H2/b4-3+;;;;;;;. The Morgan fingerprint density at radius 3 is 0.955 bits per heavy atom. The van der Waals surface area contributed by atoms with Gasteiger partial charge in [-0.15, -0.1) is 19.7 Å². The molecule has 0 saturated heterocycles. The molecule has 0 rings (SSSR count). The molecule has 0 amide bonds. The lowest BCUT2D eigenvalue weighted by Gasteiger charge is -1.81. The highest BCUT2D eigenvalue weighted by atomic mass is 16.6. The minimum atomic E-state index is -0.417. The van der Waals surface area contributed by atoms with Gasteiger partial charge >= 0.3 is 0 Å². The fourth-order valence-corrected chi connectivity index (χ4v) is 0.105. The summed E-state index contributed by atoms with van der Waals surface area (Å²) in [5, 5.41) is 9.67. The van der Waals surface area contributed by atoms with Crippen molar-refractivity contribution in [1.29, 1.82) is 0 Å². The molecule has 0 aliphatic heterocycles. The van der Waals surface area contributed by atoms with Crippen molar-refractivity contribution in [2.24, 2.45) is 0 Å². The van der Waals surface area contributed by atoms with Crippen LogP contribution >= 0.6 is 0 Å². The van der Waals surface area contributed by atoms with Gasteiger partial charge in [-0.1, -0.05) is 75.3 Å². The average molecular weight is 322 g/mol. The normalized spacial score (nSPS) is 5.77. The van der Waals surface area contributed by atoms with Crippen molar-refractivity contribution in [3.63, 3.8) is 0 Å². The molecule has 0 aromatic heterocycles. The maximum absolute atomic E-state index is 9.67. The van der Waals surface area contributed by atoms with E-state index in [0.29, 0.717) is 0 Å². The number of nitrogens with zero attached hydrogens (tertiary/aromatic N) is 1. The van der Waals surface area contributed by atoms with Gasteiger partial charge in [0, 0.05) is 6.92 Å². The molecule has 0 fully saturated rings. The summed E-state index contributed by atoms with van der Waals surface area (Å²) in [5.41, 5.74) is 0.194. The molecule has 0 saturated carbocycles. The average Bonchev–Trinajstić information content (AvgIpc) is 2.65. The highest BCUT2D eigenvalue weighted by Gasteiger charge is 1.94. The Balaban J connectivity index is -0.0000000188.